The van der Waals surface area contributed by atoms with Gasteiger partial charge < -0.3 is 14.7 Å². The van der Waals surface area contributed by atoms with E-state index in [1.165, 1.54) is 11.0 Å². The number of hydrogen-bond donors (Lipinski definition) is 2. The number of nitrogens with one attached hydrogen (secondary N) is 1. The fourth-order valence-electron chi connectivity index (χ4n) is 4.29. The van der Waals surface area contributed by atoms with Crippen LogP contribution in [-0.4, -0.2) is 46.0 Å². The van der Waals surface area contributed by atoms with E-state index in [1.54, 1.807) is 50.2 Å². The van der Waals surface area contributed by atoms with Crippen LogP contribution in [0.2, 0.25) is 0 Å². The summed E-state index contributed by atoms with van der Waals surface area (Å²) in [6.45, 7) is 4.37. The van der Waals surface area contributed by atoms with E-state index in [9.17, 15) is 23.1 Å². The van der Waals surface area contributed by atoms with E-state index in [0.717, 1.165) is 30.8 Å². The van der Waals surface area contributed by atoms with E-state index < -0.39 is 23.4 Å². The molecule has 0 saturated carbocycles. The summed E-state index contributed by atoms with van der Waals surface area (Å²) < 4.78 is 45.3. The van der Waals surface area contributed by atoms with Crippen molar-refractivity contribution >= 4 is 23.4 Å². The molecule has 0 spiro atoms. The van der Waals surface area contributed by atoms with Crippen molar-refractivity contribution in [2.24, 2.45) is 0 Å². The summed E-state index contributed by atoms with van der Waals surface area (Å²) in [5.41, 5.74) is -0.237. The standard InChI is InChI=1S/C26H26F3N5O3/c1-25(2,36)12-14-37-21-8-4-7-20(31-21)32-24(35)34-22-11-13-33(22)19-10-9-18(30-23(19)34)16-5-3-6-17(15-16)26(27,28)29/h3-10,15,22,36H,11-14H2,1-2H3,(H,31,32,35)/t22-/m0/s1. The molecule has 2 aliphatic heterocycles. The molecular formula is C26H26F3N5O3. The Morgan fingerprint density at radius 3 is 2.62 bits per heavy atom. The van der Waals surface area contributed by atoms with Gasteiger partial charge in [0.15, 0.2) is 5.82 Å². The monoisotopic (exact) mass is 513 g/mol. The predicted octanol–water partition coefficient (Wildman–Crippen LogP) is 5.29. The summed E-state index contributed by atoms with van der Waals surface area (Å²) in [5, 5.41) is 12.6. The van der Waals surface area contributed by atoms with Gasteiger partial charge in [-0.3, -0.25) is 10.2 Å². The summed E-state index contributed by atoms with van der Waals surface area (Å²) in [6, 6.07) is 12.9. The van der Waals surface area contributed by atoms with Crippen LogP contribution < -0.4 is 19.9 Å². The second-order valence-electron chi connectivity index (χ2n) is 9.65. The van der Waals surface area contributed by atoms with Crippen LogP contribution in [0.1, 0.15) is 32.3 Å². The largest absolute Gasteiger partial charge is 0.477 e. The summed E-state index contributed by atoms with van der Waals surface area (Å²) in [7, 11) is 0. The molecule has 1 fully saturated rings. The fourth-order valence-corrected chi connectivity index (χ4v) is 4.29. The molecule has 11 heteroatoms. The summed E-state index contributed by atoms with van der Waals surface area (Å²) in [6.07, 6.45) is -3.56. The number of carbonyl (C=O) groups excluding carboxylic acids is 1. The average molecular weight is 514 g/mol. The number of ether oxygens (including phenoxy) is 1. The highest BCUT2D eigenvalue weighted by Gasteiger charge is 2.46. The molecule has 0 aliphatic carbocycles. The highest BCUT2D eigenvalue weighted by molar-refractivity contribution is 6.06. The van der Waals surface area contributed by atoms with Crippen LogP contribution in [0.4, 0.5) is 35.3 Å². The SMILES string of the molecule is CC(C)(O)CCOc1cccc(NC(=O)N2c3nc(-c4cccc(C(F)(F)F)c4)ccc3N3CC[C@@H]32)n1. The fraction of sp³-hybridized carbons (Fsp3) is 0.346. The first-order chi connectivity index (χ1) is 17.5. The molecule has 0 radical (unpaired) electrons. The van der Waals surface area contributed by atoms with Gasteiger partial charge in [0.25, 0.3) is 0 Å². The molecule has 0 unspecified atom stereocenters. The maximum Gasteiger partial charge on any atom is 0.416 e. The van der Waals surface area contributed by atoms with Crippen molar-refractivity contribution in [3.63, 3.8) is 0 Å². The second-order valence-corrected chi connectivity index (χ2v) is 9.65. The lowest BCUT2D eigenvalue weighted by molar-refractivity contribution is -0.137. The number of halogens is 3. The number of aromatic nitrogens is 2. The molecule has 3 aromatic rings. The van der Waals surface area contributed by atoms with Crippen molar-refractivity contribution in [2.45, 2.75) is 44.6 Å². The Balaban J connectivity index is 1.37. The van der Waals surface area contributed by atoms with E-state index in [2.05, 4.69) is 15.3 Å². The second kappa shape index (κ2) is 9.22. The topological polar surface area (TPSA) is 90.8 Å². The molecule has 2 aromatic heterocycles. The first kappa shape index (κ1) is 24.8. The maximum atomic E-state index is 13.3. The van der Waals surface area contributed by atoms with Crippen LogP contribution in [-0.2, 0) is 6.18 Å². The van der Waals surface area contributed by atoms with Gasteiger partial charge >= 0.3 is 12.2 Å². The number of carbonyl (C=O) groups is 1. The van der Waals surface area contributed by atoms with Gasteiger partial charge in [0, 0.05) is 31.0 Å². The Morgan fingerprint density at radius 2 is 1.92 bits per heavy atom. The number of amides is 2. The lowest BCUT2D eigenvalue weighted by Crippen LogP contribution is -2.56. The molecule has 1 aromatic carbocycles. The number of nitrogens with zero attached hydrogens (tertiary/aromatic N) is 4. The molecule has 2 N–H and O–H groups in total. The zero-order valence-corrected chi connectivity index (χ0v) is 20.3. The van der Waals surface area contributed by atoms with Crippen molar-refractivity contribution in [3.05, 3.63) is 60.2 Å². The number of hydrogen-bond acceptors (Lipinski definition) is 6. The van der Waals surface area contributed by atoms with E-state index in [1.807, 2.05) is 4.90 Å². The van der Waals surface area contributed by atoms with Crippen LogP contribution in [0.3, 0.4) is 0 Å². The lowest BCUT2D eigenvalue weighted by Gasteiger charge is -2.39. The molecule has 1 atom stereocenters. The third-order valence-corrected chi connectivity index (χ3v) is 6.30. The lowest BCUT2D eigenvalue weighted by atomic mass is 10.1. The van der Waals surface area contributed by atoms with Gasteiger partial charge in [-0.25, -0.2) is 9.78 Å². The number of pyridine rings is 2. The normalized spacial score (nSPS) is 16.6. The highest BCUT2D eigenvalue weighted by atomic mass is 19.4. The van der Waals surface area contributed by atoms with Crippen LogP contribution in [0.15, 0.2) is 54.6 Å². The van der Waals surface area contributed by atoms with Crippen LogP contribution in [0.5, 0.6) is 5.88 Å². The zero-order chi connectivity index (χ0) is 26.4. The Hall–Kier alpha value is -3.86. The summed E-state index contributed by atoms with van der Waals surface area (Å²) in [4.78, 5) is 25.8. The van der Waals surface area contributed by atoms with E-state index in [4.69, 9.17) is 4.74 Å². The zero-order valence-electron chi connectivity index (χ0n) is 20.3. The molecule has 0 bridgehead atoms. The Bertz CT molecular complexity index is 1330. The smallest absolute Gasteiger partial charge is 0.416 e. The van der Waals surface area contributed by atoms with E-state index in [0.29, 0.717) is 29.4 Å². The maximum absolute atomic E-state index is 13.3. The molecule has 2 aliphatic rings. The van der Waals surface area contributed by atoms with Gasteiger partial charge in [0.2, 0.25) is 5.88 Å². The van der Waals surface area contributed by atoms with Crippen LogP contribution in [0.25, 0.3) is 11.3 Å². The number of fused-ring (bicyclic) bond motifs is 3. The number of urea groups is 1. The molecule has 194 valence electrons. The number of alkyl halides is 3. The van der Waals surface area contributed by atoms with Gasteiger partial charge in [-0.2, -0.15) is 18.2 Å². The minimum absolute atomic E-state index is 0.231. The van der Waals surface area contributed by atoms with Gasteiger partial charge in [0.05, 0.1) is 29.2 Å². The minimum Gasteiger partial charge on any atom is -0.477 e. The van der Waals surface area contributed by atoms with Crippen molar-refractivity contribution < 1.29 is 27.8 Å². The average Bonchev–Trinajstić information content (AvgIpc) is 3.03. The third kappa shape index (κ3) is 5.17. The number of benzene rings is 1. The number of anilines is 3. The molecule has 5 rings (SSSR count). The Labute approximate surface area is 211 Å². The van der Waals surface area contributed by atoms with Gasteiger partial charge in [-0.05, 0) is 44.2 Å². The Morgan fingerprint density at radius 1 is 1.14 bits per heavy atom. The van der Waals surface area contributed by atoms with E-state index >= 15 is 0 Å². The number of rotatable bonds is 6. The van der Waals surface area contributed by atoms with Crippen molar-refractivity contribution in [1.29, 1.82) is 0 Å². The highest BCUT2D eigenvalue weighted by Crippen LogP contribution is 2.45. The summed E-state index contributed by atoms with van der Waals surface area (Å²) in [5.74, 6) is 0.964. The van der Waals surface area contributed by atoms with E-state index in [-0.39, 0.29) is 18.6 Å². The first-order valence-electron chi connectivity index (χ1n) is 11.9. The molecule has 1 saturated heterocycles. The first-order valence-corrected chi connectivity index (χ1v) is 11.9. The predicted molar refractivity (Wildman–Crippen MR) is 133 cm³/mol. The summed E-state index contributed by atoms with van der Waals surface area (Å²) >= 11 is 0. The number of aliphatic hydroxyl groups is 1. The molecule has 2 amide bonds. The third-order valence-electron chi connectivity index (χ3n) is 6.30. The van der Waals surface area contributed by atoms with Crippen molar-refractivity contribution in [1.82, 2.24) is 9.97 Å². The van der Waals surface area contributed by atoms with Gasteiger partial charge in [0.1, 0.15) is 12.0 Å². The minimum atomic E-state index is -4.47. The quantitative estimate of drug-likeness (QED) is 0.466. The van der Waals surface area contributed by atoms with Crippen molar-refractivity contribution in [2.75, 3.05) is 28.3 Å². The molecular weight excluding hydrogens is 487 g/mol. The van der Waals surface area contributed by atoms with Gasteiger partial charge in [-0.1, -0.05) is 18.2 Å². The van der Waals surface area contributed by atoms with Gasteiger partial charge in [-0.15, -0.1) is 0 Å². The Kier molecular flexibility index (Phi) is 6.18. The molecule has 8 nitrogen and oxygen atoms in total. The molecule has 37 heavy (non-hydrogen) atoms. The molecule has 4 heterocycles. The van der Waals surface area contributed by atoms with Crippen LogP contribution >= 0.6 is 0 Å². The van der Waals surface area contributed by atoms with Crippen molar-refractivity contribution in [3.8, 4) is 17.1 Å². The van der Waals surface area contributed by atoms with Crippen LogP contribution in [0, 0.1) is 0 Å².